The van der Waals surface area contributed by atoms with Crippen LogP contribution < -0.4 is 15.4 Å². The van der Waals surface area contributed by atoms with E-state index in [1.165, 1.54) is 18.4 Å². The Morgan fingerprint density at radius 2 is 2.25 bits per heavy atom. The highest BCUT2D eigenvalue weighted by molar-refractivity contribution is 5.80. The van der Waals surface area contributed by atoms with Gasteiger partial charge in [0, 0.05) is 12.6 Å². The van der Waals surface area contributed by atoms with Crippen LogP contribution in [0.2, 0.25) is 0 Å². The molecule has 4 nitrogen and oxygen atoms in total. The van der Waals surface area contributed by atoms with Crippen molar-refractivity contribution < 1.29 is 4.74 Å². The second-order valence-electron chi connectivity index (χ2n) is 5.38. The summed E-state index contributed by atoms with van der Waals surface area (Å²) < 4.78 is 5.88. The van der Waals surface area contributed by atoms with Crippen molar-refractivity contribution in [2.45, 2.75) is 45.8 Å². The minimum atomic E-state index is 0.0615. The summed E-state index contributed by atoms with van der Waals surface area (Å²) in [6, 6.07) is 8.73. The van der Waals surface area contributed by atoms with Crippen LogP contribution in [-0.4, -0.2) is 31.2 Å². The molecule has 0 radical (unpaired) electrons. The number of guanidine groups is 1. The summed E-state index contributed by atoms with van der Waals surface area (Å²) in [6.07, 6.45) is 2.56. The highest BCUT2D eigenvalue weighted by atomic mass is 16.5. The van der Waals surface area contributed by atoms with Crippen LogP contribution in [0.3, 0.4) is 0 Å². The van der Waals surface area contributed by atoms with Crippen LogP contribution in [0.25, 0.3) is 0 Å². The molecule has 0 spiro atoms. The van der Waals surface area contributed by atoms with E-state index >= 15 is 0 Å². The van der Waals surface area contributed by atoms with Gasteiger partial charge in [0.1, 0.15) is 11.9 Å². The Kier molecular flexibility index (Phi) is 5.27. The van der Waals surface area contributed by atoms with Crippen molar-refractivity contribution in [2.24, 2.45) is 4.99 Å². The van der Waals surface area contributed by atoms with E-state index < -0.39 is 0 Å². The molecular weight excluding hydrogens is 250 g/mol. The number of hydrogen-bond donors (Lipinski definition) is 2. The SMILES string of the molecule is CCNC(=NCC(C)Oc1cccc(C)c1)NC1CC1. The van der Waals surface area contributed by atoms with Crippen molar-refractivity contribution in [3.63, 3.8) is 0 Å². The summed E-state index contributed by atoms with van der Waals surface area (Å²) in [5, 5.41) is 6.67. The van der Waals surface area contributed by atoms with E-state index in [2.05, 4.69) is 35.5 Å². The first kappa shape index (κ1) is 14.7. The summed E-state index contributed by atoms with van der Waals surface area (Å²) in [6.45, 7) is 7.73. The molecular formula is C16H25N3O. The third kappa shape index (κ3) is 5.11. The lowest BCUT2D eigenvalue weighted by Crippen LogP contribution is -2.39. The number of benzene rings is 1. The van der Waals surface area contributed by atoms with Crippen LogP contribution in [0.4, 0.5) is 0 Å². The lowest BCUT2D eigenvalue weighted by molar-refractivity contribution is 0.230. The first-order chi connectivity index (χ1) is 9.67. The highest BCUT2D eigenvalue weighted by Crippen LogP contribution is 2.18. The Morgan fingerprint density at radius 3 is 2.90 bits per heavy atom. The molecule has 1 aromatic carbocycles. The van der Waals surface area contributed by atoms with Crippen molar-refractivity contribution in [3.05, 3.63) is 29.8 Å². The average Bonchev–Trinajstić information content (AvgIpc) is 3.20. The van der Waals surface area contributed by atoms with Crippen molar-refractivity contribution in [2.75, 3.05) is 13.1 Å². The molecule has 1 saturated carbocycles. The van der Waals surface area contributed by atoms with Gasteiger partial charge in [-0.15, -0.1) is 0 Å². The quantitative estimate of drug-likeness (QED) is 0.619. The normalized spacial score (nSPS) is 16.6. The molecule has 0 aromatic heterocycles. The first-order valence-corrected chi connectivity index (χ1v) is 7.45. The lowest BCUT2D eigenvalue weighted by Gasteiger charge is -2.15. The number of rotatable bonds is 6. The van der Waals surface area contributed by atoms with Gasteiger partial charge in [-0.3, -0.25) is 0 Å². The highest BCUT2D eigenvalue weighted by Gasteiger charge is 2.22. The van der Waals surface area contributed by atoms with E-state index in [0.717, 1.165) is 18.3 Å². The maximum Gasteiger partial charge on any atom is 0.191 e. The standard InChI is InChI=1S/C16H25N3O/c1-4-17-16(19-14-8-9-14)18-11-13(3)20-15-7-5-6-12(2)10-15/h5-7,10,13-14H,4,8-9,11H2,1-3H3,(H2,17,18,19). The summed E-state index contributed by atoms with van der Waals surface area (Å²) >= 11 is 0. The Bertz CT molecular complexity index is 455. The largest absolute Gasteiger partial charge is 0.489 e. The third-order valence-corrected chi connectivity index (χ3v) is 3.10. The van der Waals surface area contributed by atoms with Gasteiger partial charge < -0.3 is 15.4 Å². The monoisotopic (exact) mass is 275 g/mol. The van der Waals surface area contributed by atoms with Gasteiger partial charge in [-0.05, 0) is 51.3 Å². The fraction of sp³-hybridized carbons (Fsp3) is 0.562. The number of ether oxygens (including phenoxy) is 1. The van der Waals surface area contributed by atoms with E-state index in [1.807, 2.05) is 25.1 Å². The topological polar surface area (TPSA) is 45.7 Å². The van der Waals surface area contributed by atoms with Crippen LogP contribution in [0.5, 0.6) is 5.75 Å². The second kappa shape index (κ2) is 7.17. The molecule has 4 heteroatoms. The minimum absolute atomic E-state index is 0.0615. The molecule has 2 N–H and O–H groups in total. The molecule has 1 aliphatic rings. The summed E-state index contributed by atoms with van der Waals surface area (Å²) in [4.78, 5) is 4.58. The summed E-state index contributed by atoms with van der Waals surface area (Å²) in [5.41, 5.74) is 1.21. The van der Waals surface area contributed by atoms with Crippen LogP contribution in [0.1, 0.15) is 32.3 Å². The molecule has 0 amide bonds. The lowest BCUT2D eigenvalue weighted by atomic mass is 10.2. The molecule has 1 aromatic rings. The van der Waals surface area contributed by atoms with Crippen LogP contribution >= 0.6 is 0 Å². The van der Waals surface area contributed by atoms with Crippen LogP contribution in [-0.2, 0) is 0 Å². The number of nitrogens with one attached hydrogen (secondary N) is 2. The maximum absolute atomic E-state index is 5.88. The molecule has 20 heavy (non-hydrogen) atoms. The van der Waals surface area contributed by atoms with E-state index in [1.54, 1.807) is 0 Å². The number of hydrogen-bond acceptors (Lipinski definition) is 2. The zero-order chi connectivity index (χ0) is 14.4. The second-order valence-corrected chi connectivity index (χ2v) is 5.38. The maximum atomic E-state index is 5.88. The van der Waals surface area contributed by atoms with Crippen molar-refractivity contribution >= 4 is 5.96 Å². The Labute approximate surface area is 121 Å². The fourth-order valence-corrected chi connectivity index (χ4v) is 1.92. The smallest absolute Gasteiger partial charge is 0.191 e. The predicted octanol–water partition coefficient (Wildman–Crippen LogP) is 2.48. The van der Waals surface area contributed by atoms with E-state index in [0.29, 0.717) is 12.6 Å². The number of aryl methyl sites for hydroxylation is 1. The van der Waals surface area contributed by atoms with Crippen LogP contribution in [0, 0.1) is 6.92 Å². The van der Waals surface area contributed by atoms with Gasteiger partial charge in [0.15, 0.2) is 5.96 Å². The third-order valence-electron chi connectivity index (χ3n) is 3.10. The van der Waals surface area contributed by atoms with Crippen molar-refractivity contribution in [1.29, 1.82) is 0 Å². The number of aliphatic imine (C=N–C) groups is 1. The van der Waals surface area contributed by atoms with Gasteiger partial charge in [0.25, 0.3) is 0 Å². The Morgan fingerprint density at radius 1 is 1.45 bits per heavy atom. The Balaban J connectivity index is 1.83. The zero-order valence-corrected chi connectivity index (χ0v) is 12.6. The van der Waals surface area contributed by atoms with Gasteiger partial charge in [0.2, 0.25) is 0 Å². The Hall–Kier alpha value is -1.71. The van der Waals surface area contributed by atoms with E-state index in [9.17, 15) is 0 Å². The molecule has 1 unspecified atom stereocenters. The van der Waals surface area contributed by atoms with Gasteiger partial charge in [-0.25, -0.2) is 4.99 Å². The van der Waals surface area contributed by atoms with E-state index in [4.69, 9.17) is 4.74 Å². The van der Waals surface area contributed by atoms with E-state index in [-0.39, 0.29) is 6.10 Å². The van der Waals surface area contributed by atoms with Crippen molar-refractivity contribution in [3.8, 4) is 5.75 Å². The summed E-state index contributed by atoms with van der Waals surface area (Å²) in [7, 11) is 0. The minimum Gasteiger partial charge on any atom is -0.489 e. The zero-order valence-electron chi connectivity index (χ0n) is 12.6. The summed E-state index contributed by atoms with van der Waals surface area (Å²) in [5.74, 6) is 1.81. The molecule has 1 aliphatic carbocycles. The first-order valence-electron chi connectivity index (χ1n) is 7.45. The van der Waals surface area contributed by atoms with Crippen LogP contribution in [0.15, 0.2) is 29.3 Å². The molecule has 0 saturated heterocycles. The molecule has 1 fully saturated rings. The van der Waals surface area contributed by atoms with Gasteiger partial charge in [-0.1, -0.05) is 12.1 Å². The predicted molar refractivity (Wildman–Crippen MR) is 83.4 cm³/mol. The molecule has 0 heterocycles. The van der Waals surface area contributed by atoms with Gasteiger partial charge >= 0.3 is 0 Å². The van der Waals surface area contributed by atoms with Gasteiger partial charge in [0.05, 0.1) is 6.54 Å². The molecule has 1 atom stereocenters. The fourth-order valence-electron chi connectivity index (χ4n) is 1.92. The average molecular weight is 275 g/mol. The molecule has 0 bridgehead atoms. The molecule has 0 aliphatic heterocycles. The van der Waals surface area contributed by atoms with Gasteiger partial charge in [-0.2, -0.15) is 0 Å². The molecule has 2 rings (SSSR count). The molecule has 110 valence electrons. The van der Waals surface area contributed by atoms with Crippen molar-refractivity contribution in [1.82, 2.24) is 10.6 Å². The number of nitrogens with zero attached hydrogens (tertiary/aromatic N) is 1.